The molecule has 0 aromatic carbocycles. The van der Waals surface area contributed by atoms with Gasteiger partial charge >= 0.3 is 20.2 Å². The molecule has 40 heteroatoms. The van der Waals surface area contributed by atoms with Crippen LogP contribution >= 0.6 is 20.2 Å². The van der Waals surface area contributed by atoms with Gasteiger partial charge in [0.15, 0.2) is 37.5 Å². The minimum Gasteiger partial charge on any atom is -0.394 e. The summed E-state index contributed by atoms with van der Waals surface area (Å²) in [7, 11) is 16.4. The third kappa shape index (κ3) is 17.6. The normalized spacial score (nSPS) is 43.6. The van der Waals surface area contributed by atoms with Crippen molar-refractivity contribution in [3.63, 3.8) is 0 Å². The fraction of sp³-hybridized carbons (Fsp3) is 0.900. The molecule has 26 unspecified atom stereocenters. The first kappa shape index (κ1) is 68.5. The Kier molecular flexibility index (Phi) is 24.8. The zero-order valence-corrected chi connectivity index (χ0v) is 49.0. The Bertz CT molecular complexity index is 2290. The largest absolute Gasteiger partial charge is 0.394 e. The third-order valence-corrected chi connectivity index (χ3v) is 18.6. The summed E-state index contributed by atoms with van der Waals surface area (Å²) < 4.78 is 81.2. The number of guanidine groups is 2. The topological polar surface area (TPSA) is 472 Å². The number of aliphatic hydroxyl groups is 7. The van der Waals surface area contributed by atoms with Gasteiger partial charge < -0.3 is 144 Å². The number of hydrogen-bond donors (Lipinski definition) is 15. The summed E-state index contributed by atoms with van der Waals surface area (Å²) in [6.45, 7) is -10.3. The number of likely N-dealkylation sites (N-methyl/N-ethyl adjacent to an activating group) is 1. The highest BCUT2D eigenvalue weighted by Crippen LogP contribution is 2.52. The number of ether oxygens (including phenoxy) is 8. The predicted molar refractivity (Wildman–Crippen MR) is 292 cm³/mol. The van der Waals surface area contributed by atoms with Gasteiger partial charge in [0.25, 0.3) is 0 Å². The van der Waals surface area contributed by atoms with E-state index in [4.69, 9.17) is 139 Å². The number of aliphatic imine (C=N–C) groups is 2. The van der Waals surface area contributed by atoms with Gasteiger partial charge in [-0.3, -0.25) is 0 Å². The lowest BCUT2D eigenvalue weighted by Gasteiger charge is -2.46. The summed E-state index contributed by atoms with van der Waals surface area (Å²) in [5, 5.41) is 81.3. The summed E-state index contributed by atoms with van der Waals surface area (Å²) in [5.74, 6) is 0.188. The molecular weight excluding hydrogens is 1180 g/mol. The van der Waals surface area contributed by atoms with Crippen LogP contribution < -0.4 is 28.3 Å². The van der Waals surface area contributed by atoms with Crippen LogP contribution in [0.5, 0.6) is 0 Å². The van der Waals surface area contributed by atoms with Crippen LogP contribution in [0.15, 0.2) is 22.0 Å². The maximum atomic E-state index is 12.6. The minimum absolute atomic E-state index is 0.0190. The van der Waals surface area contributed by atoms with Crippen LogP contribution in [0.3, 0.4) is 0 Å². The fourth-order valence-corrected chi connectivity index (χ4v) is 14.5. The Morgan fingerprint density at radius 1 is 0.725 bits per heavy atom. The SMILES string of the molecule is [B]C1CC(OP(O)(=S)OCC)C(COP(O)(=S)OC2CC([B])OC2COP(O)(=S)OC2CC([B]/C=C/C3(O)C(C)OC(OC4CC(O)(N=C(N)N)C(N=C(N)N)C(O)C4O)C3OC3OC(CO)C(O)C(O)C3NC)OC2COC)O1. The maximum absolute atomic E-state index is 12.6. The van der Waals surface area contributed by atoms with Gasteiger partial charge in [0.1, 0.15) is 82.3 Å². The quantitative estimate of drug-likeness (QED) is 0.0157. The Morgan fingerprint density at radius 3 is 1.79 bits per heavy atom. The molecule has 6 rings (SSSR count). The van der Waals surface area contributed by atoms with Crippen LogP contribution in [0, 0.1) is 0 Å². The van der Waals surface area contributed by atoms with Crippen molar-refractivity contribution in [3.05, 3.63) is 12.1 Å². The molecule has 5 radical (unpaired) electrons. The first-order valence-corrected chi connectivity index (χ1v) is 32.9. The predicted octanol–water partition coefficient (Wildman–Crippen LogP) is -6.59. The molecule has 6 fully saturated rings. The van der Waals surface area contributed by atoms with Crippen molar-refractivity contribution in [1.29, 1.82) is 0 Å². The van der Waals surface area contributed by atoms with Gasteiger partial charge in [0.2, 0.25) is 0 Å². The summed E-state index contributed by atoms with van der Waals surface area (Å²) in [5.41, 5.74) is 17.7. The van der Waals surface area contributed by atoms with Crippen molar-refractivity contribution in [1.82, 2.24) is 5.32 Å². The second-order valence-corrected chi connectivity index (χ2v) is 28.0. The molecule has 31 nitrogen and oxygen atoms in total. The number of aliphatic hydroxyl groups excluding tert-OH is 5. The smallest absolute Gasteiger partial charge is 0.324 e. The average Bonchev–Trinajstić information content (AvgIpc) is 4.12. The lowest BCUT2D eigenvalue weighted by Crippen LogP contribution is -2.65. The summed E-state index contributed by atoms with van der Waals surface area (Å²) in [6.07, 6.45) is -20.9. The standard InChI is InChI=1S/C40H72B3N7O24P3S3/c1-5-62-75(58,78)72-17-8-25(41)66-23(17)14-63-76(59,79)73-18-9-26(42)67-24(18)15-64-77(60,80)74-19-10-27(68-22(19)13-61-4)43-7-6-39(56)16(2)65-36(34(39)71-35-28(48-3)31(54)30(53)21(12-51)70-35)69-20-11-40(57,50-38(46)47)33(49-37(44)45)32(55)29(20)52/h6-7,16-36,48,51-57H,5,8-15H2,1-4H3,(H,58,78)(H,59,79)(H,60,80)(H4,44,45,49)(H4,46,47,50)/b7-6+. The van der Waals surface area contributed by atoms with Gasteiger partial charge in [-0.1, -0.05) is 6.08 Å². The molecule has 6 aliphatic rings. The second-order valence-electron chi connectivity index (χ2n) is 19.6. The molecule has 0 bridgehead atoms. The number of methoxy groups -OCH3 is 1. The second kappa shape index (κ2) is 29.0. The molecule has 453 valence electrons. The molecule has 1 saturated carbocycles. The molecule has 26 atom stereocenters. The molecule has 19 N–H and O–H groups in total. The highest BCUT2D eigenvalue weighted by Gasteiger charge is 2.60. The van der Waals surface area contributed by atoms with E-state index in [-0.39, 0.29) is 39.1 Å². The van der Waals surface area contributed by atoms with Crippen LogP contribution in [0.2, 0.25) is 0 Å². The lowest BCUT2D eigenvalue weighted by molar-refractivity contribution is -0.315. The number of rotatable bonds is 27. The molecule has 80 heavy (non-hydrogen) atoms. The van der Waals surface area contributed by atoms with Crippen molar-refractivity contribution in [2.24, 2.45) is 32.9 Å². The van der Waals surface area contributed by atoms with Crippen LogP contribution in [-0.2, 0) is 100 Å². The van der Waals surface area contributed by atoms with E-state index in [2.05, 4.69) is 15.3 Å². The molecule has 0 amide bonds. The Hall–Kier alpha value is -0.575. The molecular formula is C40H72B3N7O24P3S3. The van der Waals surface area contributed by atoms with Crippen LogP contribution in [0.1, 0.15) is 39.5 Å². The number of nitrogens with zero attached hydrogens (tertiary/aromatic N) is 2. The molecule has 5 aliphatic heterocycles. The molecule has 0 aromatic rings. The zero-order valence-electron chi connectivity index (χ0n) is 43.8. The molecule has 5 saturated heterocycles. The van der Waals surface area contributed by atoms with E-state index in [1.54, 1.807) is 6.92 Å². The Morgan fingerprint density at radius 2 is 1.27 bits per heavy atom. The van der Waals surface area contributed by atoms with Gasteiger partial charge in [0, 0.05) is 31.5 Å². The lowest BCUT2D eigenvalue weighted by atomic mass is 9.69. The van der Waals surface area contributed by atoms with Crippen LogP contribution in [0.25, 0.3) is 0 Å². The molecule has 0 aromatic heterocycles. The van der Waals surface area contributed by atoms with Crippen molar-refractivity contribution < 1.29 is 115 Å². The fourth-order valence-electron chi connectivity index (χ4n) is 9.92. The number of nitrogens with one attached hydrogen (secondary N) is 1. The first-order chi connectivity index (χ1) is 37.4. The van der Waals surface area contributed by atoms with Gasteiger partial charge in [-0.25, -0.2) is 9.98 Å². The van der Waals surface area contributed by atoms with E-state index >= 15 is 0 Å². The highest BCUT2D eigenvalue weighted by molar-refractivity contribution is 8.07. The number of hydrogen-bond acceptors (Lipinski definition) is 27. The maximum Gasteiger partial charge on any atom is 0.324 e. The minimum atomic E-state index is -4.15. The van der Waals surface area contributed by atoms with Crippen molar-refractivity contribution in [3.8, 4) is 0 Å². The summed E-state index contributed by atoms with van der Waals surface area (Å²) >= 11 is 15.7. The third-order valence-electron chi connectivity index (χ3n) is 13.7. The van der Waals surface area contributed by atoms with E-state index in [1.165, 1.54) is 40.4 Å². The van der Waals surface area contributed by atoms with Gasteiger partial charge in [-0.2, -0.15) is 0 Å². The van der Waals surface area contributed by atoms with Gasteiger partial charge in [-0.05, 0) is 75.6 Å². The van der Waals surface area contributed by atoms with E-state index in [0.717, 1.165) is 0 Å². The van der Waals surface area contributed by atoms with Crippen molar-refractivity contribution in [2.75, 3.05) is 47.2 Å². The zero-order chi connectivity index (χ0) is 59.3. The summed E-state index contributed by atoms with van der Waals surface area (Å²) in [6, 6.07) is -5.39. The van der Waals surface area contributed by atoms with Crippen LogP contribution in [0.4, 0.5) is 0 Å². The van der Waals surface area contributed by atoms with Crippen molar-refractivity contribution >= 4 is 90.5 Å². The van der Waals surface area contributed by atoms with E-state index in [1.807, 2.05) is 0 Å². The highest BCUT2D eigenvalue weighted by atomic mass is 32.5. The monoisotopic (exact) mass is 1260 g/mol. The van der Waals surface area contributed by atoms with Crippen LogP contribution in [-0.4, -0.2) is 272 Å². The van der Waals surface area contributed by atoms with E-state index in [0.29, 0.717) is 0 Å². The number of nitrogens with two attached hydrogens (primary N) is 4. The Labute approximate surface area is 480 Å². The first-order valence-electron chi connectivity index (χ1n) is 25.1. The van der Waals surface area contributed by atoms with Crippen molar-refractivity contribution in [2.45, 2.75) is 179 Å². The molecule has 5 heterocycles. The van der Waals surface area contributed by atoms with E-state index < -0.39 is 191 Å². The van der Waals surface area contributed by atoms with E-state index in [9.17, 15) is 50.4 Å². The van der Waals surface area contributed by atoms with Gasteiger partial charge in [0.05, 0.1) is 69.6 Å². The Balaban J connectivity index is 1.12. The summed E-state index contributed by atoms with van der Waals surface area (Å²) in [4.78, 5) is 40.4. The molecule has 0 spiro atoms. The average molecular weight is 1260 g/mol. The van der Waals surface area contributed by atoms with Gasteiger partial charge in [-0.15, -0.1) is 5.98 Å². The molecule has 1 aliphatic carbocycles.